The van der Waals surface area contributed by atoms with Crippen LogP contribution in [0.3, 0.4) is 0 Å². The summed E-state index contributed by atoms with van der Waals surface area (Å²) in [7, 11) is 1.54. The highest BCUT2D eigenvalue weighted by Crippen LogP contribution is 2.34. The molecule has 7 heteroatoms. The van der Waals surface area contributed by atoms with Gasteiger partial charge in [-0.2, -0.15) is 0 Å². The van der Waals surface area contributed by atoms with Crippen molar-refractivity contribution in [2.45, 2.75) is 32.6 Å². The van der Waals surface area contributed by atoms with Crippen LogP contribution in [0.1, 0.15) is 38.2 Å². The number of carbonyl (C=O) groups excluding carboxylic acids is 2. The molecule has 3 N–H and O–H groups in total. The SMILES string of the molecule is CCC(C)c1ccccc1N1CC(C(=O)Nc2ccc(OC)c(N)c2)CC1=O.Cl. The minimum atomic E-state index is -0.402. The van der Waals surface area contributed by atoms with Crippen LogP contribution in [-0.2, 0) is 9.59 Å². The van der Waals surface area contributed by atoms with Crippen molar-refractivity contribution in [2.75, 3.05) is 29.6 Å². The molecule has 0 spiro atoms. The number of para-hydroxylation sites is 1. The summed E-state index contributed by atoms with van der Waals surface area (Å²) in [6, 6.07) is 13.0. The van der Waals surface area contributed by atoms with Gasteiger partial charge in [0.15, 0.2) is 0 Å². The summed E-state index contributed by atoms with van der Waals surface area (Å²) in [6.45, 7) is 4.66. The minimum Gasteiger partial charge on any atom is -0.495 e. The number of methoxy groups -OCH3 is 1. The zero-order chi connectivity index (χ0) is 20.3. The first-order valence-electron chi connectivity index (χ1n) is 9.58. The van der Waals surface area contributed by atoms with Crippen LogP contribution in [0.25, 0.3) is 0 Å². The number of benzene rings is 2. The topological polar surface area (TPSA) is 84.7 Å². The van der Waals surface area contributed by atoms with E-state index in [4.69, 9.17) is 10.5 Å². The van der Waals surface area contributed by atoms with Gasteiger partial charge in [0.2, 0.25) is 11.8 Å². The number of nitrogen functional groups attached to an aromatic ring is 1. The first kappa shape index (κ1) is 22.6. The molecule has 156 valence electrons. The van der Waals surface area contributed by atoms with Crippen LogP contribution >= 0.6 is 12.4 Å². The summed E-state index contributed by atoms with van der Waals surface area (Å²) in [5, 5.41) is 2.86. The molecule has 2 amide bonds. The molecular weight excluding hydrogens is 390 g/mol. The average Bonchev–Trinajstić information content (AvgIpc) is 3.09. The number of amides is 2. The predicted octanol–water partition coefficient (Wildman–Crippen LogP) is 4.20. The molecule has 3 rings (SSSR count). The second-order valence-corrected chi connectivity index (χ2v) is 7.22. The molecule has 2 aromatic carbocycles. The van der Waals surface area contributed by atoms with Crippen molar-refractivity contribution in [3.05, 3.63) is 48.0 Å². The summed E-state index contributed by atoms with van der Waals surface area (Å²) < 4.78 is 5.13. The third-order valence-corrected chi connectivity index (χ3v) is 5.36. The van der Waals surface area contributed by atoms with Crippen molar-refractivity contribution in [2.24, 2.45) is 5.92 Å². The Bertz CT molecular complexity index is 887. The van der Waals surface area contributed by atoms with Crippen LogP contribution in [0.5, 0.6) is 5.75 Å². The first-order chi connectivity index (χ1) is 13.4. The predicted molar refractivity (Wildman–Crippen MR) is 119 cm³/mol. The maximum Gasteiger partial charge on any atom is 0.229 e. The van der Waals surface area contributed by atoms with Crippen LogP contribution < -0.4 is 20.7 Å². The van der Waals surface area contributed by atoms with Gasteiger partial charge >= 0.3 is 0 Å². The Balaban J connectivity index is 0.00000300. The molecule has 2 unspecified atom stereocenters. The molecule has 2 atom stereocenters. The van der Waals surface area contributed by atoms with E-state index in [1.54, 1.807) is 30.2 Å². The van der Waals surface area contributed by atoms with Gasteiger partial charge in [-0.25, -0.2) is 0 Å². The molecule has 1 aliphatic heterocycles. The fourth-order valence-electron chi connectivity index (χ4n) is 3.54. The Kier molecular flexibility index (Phi) is 7.51. The molecule has 0 radical (unpaired) electrons. The first-order valence-corrected chi connectivity index (χ1v) is 9.58. The number of halogens is 1. The van der Waals surface area contributed by atoms with Gasteiger partial charge in [-0.1, -0.05) is 32.0 Å². The van der Waals surface area contributed by atoms with Crippen molar-refractivity contribution < 1.29 is 14.3 Å². The molecule has 1 fully saturated rings. The molecule has 0 bridgehead atoms. The fraction of sp³-hybridized carbons (Fsp3) is 0.364. The molecule has 0 aliphatic carbocycles. The number of nitrogens with zero attached hydrogens (tertiary/aromatic N) is 1. The van der Waals surface area contributed by atoms with E-state index in [1.807, 2.05) is 18.2 Å². The zero-order valence-electron chi connectivity index (χ0n) is 17.0. The standard InChI is InChI=1S/C22H27N3O3.ClH/c1-4-14(2)17-7-5-6-8-19(17)25-13-15(11-21(25)26)22(27)24-16-9-10-20(28-3)18(23)12-16;/h5-10,12,14-15H,4,11,13,23H2,1-3H3,(H,24,27);1H. The van der Waals surface area contributed by atoms with E-state index < -0.39 is 5.92 Å². The van der Waals surface area contributed by atoms with Crippen LogP contribution in [0.4, 0.5) is 17.1 Å². The Morgan fingerprint density at radius 2 is 2.03 bits per heavy atom. The summed E-state index contributed by atoms with van der Waals surface area (Å²) in [5.74, 6) is 0.299. The van der Waals surface area contributed by atoms with E-state index >= 15 is 0 Å². The number of hydrogen-bond acceptors (Lipinski definition) is 4. The average molecular weight is 418 g/mol. The van der Waals surface area contributed by atoms with E-state index in [2.05, 4.69) is 25.2 Å². The Morgan fingerprint density at radius 1 is 1.31 bits per heavy atom. The highest BCUT2D eigenvalue weighted by Gasteiger charge is 2.36. The van der Waals surface area contributed by atoms with Crippen molar-refractivity contribution in [1.29, 1.82) is 0 Å². The molecule has 1 heterocycles. The number of nitrogens with two attached hydrogens (primary N) is 1. The zero-order valence-corrected chi connectivity index (χ0v) is 17.8. The van der Waals surface area contributed by atoms with Crippen LogP contribution in [0, 0.1) is 5.92 Å². The van der Waals surface area contributed by atoms with E-state index in [9.17, 15) is 9.59 Å². The van der Waals surface area contributed by atoms with Gasteiger partial charge in [-0.05, 0) is 42.2 Å². The van der Waals surface area contributed by atoms with Gasteiger partial charge in [-0.15, -0.1) is 12.4 Å². The fourth-order valence-corrected chi connectivity index (χ4v) is 3.54. The molecule has 29 heavy (non-hydrogen) atoms. The number of hydrogen-bond donors (Lipinski definition) is 2. The Hall–Kier alpha value is -2.73. The van der Waals surface area contributed by atoms with E-state index in [1.165, 1.54) is 0 Å². The maximum atomic E-state index is 12.7. The normalized spacial score (nSPS) is 16.9. The Morgan fingerprint density at radius 3 is 2.69 bits per heavy atom. The number of ether oxygens (including phenoxy) is 1. The molecule has 0 saturated carbocycles. The van der Waals surface area contributed by atoms with Gasteiger partial charge in [0, 0.05) is 24.3 Å². The summed E-state index contributed by atoms with van der Waals surface area (Å²) >= 11 is 0. The Labute approximate surface area is 177 Å². The molecule has 1 saturated heterocycles. The lowest BCUT2D eigenvalue weighted by atomic mass is 9.96. The second kappa shape index (κ2) is 9.65. The van der Waals surface area contributed by atoms with Crippen molar-refractivity contribution in [1.82, 2.24) is 0 Å². The van der Waals surface area contributed by atoms with Crippen LogP contribution in [0.15, 0.2) is 42.5 Å². The summed E-state index contributed by atoms with van der Waals surface area (Å²) in [5.41, 5.74) is 8.99. The van der Waals surface area contributed by atoms with Crippen LogP contribution in [0.2, 0.25) is 0 Å². The van der Waals surface area contributed by atoms with Crippen molar-refractivity contribution in [3.63, 3.8) is 0 Å². The van der Waals surface area contributed by atoms with E-state index in [-0.39, 0.29) is 30.6 Å². The lowest BCUT2D eigenvalue weighted by molar-refractivity contribution is -0.122. The third kappa shape index (κ3) is 4.82. The summed E-state index contributed by atoms with van der Waals surface area (Å²) in [6.07, 6.45) is 1.19. The van der Waals surface area contributed by atoms with Crippen molar-refractivity contribution in [3.8, 4) is 5.75 Å². The van der Waals surface area contributed by atoms with Gasteiger partial charge in [-0.3, -0.25) is 9.59 Å². The number of carbonyl (C=O) groups is 2. The maximum absolute atomic E-state index is 12.7. The van der Waals surface area contributed by atoms with Crippen LogP contribution in [-0.4, -0.2) is 25.5 Å². The highest BCUT2D eigenvalue weighted by molar-refractivity contribution is 6.04. The monoisotopic (exact) mass is 417 g/mol. The highest BCUT2D eigenvalue weighted by atomic mass is 35.5. The van der Waals surface area contributed by atoms with Gasteiger partial charge < -0.3 is 20.7 Å². The molecule has 0 aromatic heterocycles. The number of rotatable bonds is 6. The molecule has 1 aliphatic rings. The minimum absolute atomic E-state index is 0. The molecule has 2 aromatic rings. The number of nitrogens with one attached hydrogen (secondary N) is 1. The van der Waals surface area contributed by atoms with Gasteiger partial charge in [0.1, 0.15) is 5.75 Å². The lowest BCUT2D eigenvalue weighted by Crippen LogP contribution is -2.29. The van der Waals surface area contributed by atoms with E-state index in [0.29, 0.717) is 29.6 Å². The smallest absolute Gasteiger partial charge is 0.229 e. The van der Waals surface area contributed by atoms with Gasteiger partial charge in [0.25, 0.3) is 0 Å². The largest absolute Gasteiger partial charge is 0.495 e. The van der Waals surface area contributed by atoms with Gasteiger partial charge in [0.05, 0.1) is 18.7 Å². The van der Waals surface area contributed by atoms with E-state index in [0.717, 1.165) is 17.7 Å². The number of anilines is 3. The quantitative estimate of drug-likeness (QED) is 0.689. The van der Waals surface area contributed by atoms with Crippen molar-refractivity contribution >= 4 is 41.3 Å². The third-order valence-electron chi connectivity index (χ3n) is 5.36. The summed E-state index contributed by atoms with van der Waals surface area (Å²) in [4.78, 5) is 27.1. The second-order valence-electron chi connectivity index (χ2n) is 7.22. The molecular formula is C22H28ClN3O3. The molecule has 6 nitrogen and oxygen atoms in total. The lowest BCUT2D eigenvalue weighted by Gasteiger charge is -2.23.